The van der Waals surface area contributed by atoms with Gasteiger partial charge in [0.05, 0.1) is 11.1 Å². The minimum atomic E-state index is -0.399. The Balaban J connectivity index is 2.55. The van der Waals surface area contributed by atoms with Crippen molar-refractivity contribution < 1.29 is 4.39 Å². The van der Waals surface area contributed by atoms with E-state index in [1.54, 1.807) is 18.2 Å². The number of nitrogens with one attached hydrogen (secondary N) is 1. The van der Waals surface area contributed by atoms with Gasteiger partial charge in [0.2, 0.25) is 0 Å². The van der Waals surface area contributed by atoms with Crippen molar-refractivity contribution in [1.82, 2.24) is 10.3 Å². The predicted molar refractivity (Wildman–Crippen MR) is 83.3 cm³/mol. The Labute approximate surface area is 130 Å². The van der Waals surface area contributed by atoms with Crippen LogP contribution >= 0.6 is 27.5 Å². The highest BCUT2D eigenvalue weighted by Crippen LogP contribution is 2.30. The molecule has 1 heterocycles. The van der Waals surface area contributed by atoms with Gasteiger partial charge in [-0.2, -0.15) is 0 Å². The average Bonchev–Trinajstić information content (AvgIpc) is 2.42. The van der Waals surface area contributed by atoms with Crippen molar-refractivity contribution in [3.8, 4) is 0 Å². The van der Waals surface area contributed by atoms with E-state index in [-0.39, 0.29) is 5.82 Å². The summed E-state index contributed by atoms with van der Waals surface area (Å²) in [5.74, 6) is 0.0262. The summed E-state index contributed by atoms with van der Waals surface area (Å²) in [5, 5.41) is 3.68. The number of halogens is 3. The Morgan fingerprint density at radius 3 is 2.85 bits per heavy atom. The first-order valence-corrected chi connectivity index (χ1v) is 7.29. The molecular weight excluding hydrogens is 345 g/mol. The summed E-state index contributed by atoms with van der Waals surface area (Å²) in [4.78, 5) is 4.03. The van der Waals surface area contributed by atoms with Crippen molar-refractivity contribution in [2.45, 2.75) is 13.0 Å². The first kappa shape index (κ1) is 15.2. The van der Waals surface area contributed by atoms with Gasteiger partial charge >= 0.3 is 0 Å². The molecule has 1 atom stereocenters. The molecule has 6 heteroatoms. The highest BCUT2D eigenvalue weighted by Gasteiger charge is 2.20. The van der Waals surface area contributed by atoms with Gasteiger partial charge in [-0.05, 0) is 30.8 Å². The minimum absolute atomic E-state index is 0.307. The lowest BCUT2D eigenvalue weighted by molar-refractivity contribution is 0.558. The van der Waals surface area contributed by atoms with Crippen LogP contribution in [0.15, 0.2) is 34.9 Å². The van der Waals surface area contributed by atoms with Crippen LogP contribution in [-0.4, -0.2) is 11.5 Å². The first-order chi connectivity index (χ1) is 9.52. The van der Waals surface area contributed by atoms with E-state index in [0.29, 0.717) is 28.5 Å². The number of aromatic nitrogens is 1. The molecule has 0 saturated heterocycles. The molecule has 1 unspecified atom stereocenters. The van der Waals surface area contributed by atoms with Crippen molar-refractivity contribution >= 4 is 33.3 Å². The zero-order valence-corrected chi connectivity index (χ0v) is 13.2. The molecule has 0 saturated carbocycles. The van der Waals surface area contributed by atoms with E-state index < -0.39 is 6.04 Å². The molecule has 3 N–H and O–H groups in total. The van der Waals surface area contributed by atoms with E-state index in [0.717, 1.165) is 4.47 Å². The van der Waals surface area contributed by atoms with Gasteiger partial charge in [0.25, 0.3) is 0 Å². The molecule has 1 aromatic heterocycles. The topological polar surface area (TPSA) is 50.9 Å². The van der Waals surface area contributed by atoms with Crippen molar-refractivity contribution in [3.63, 3.8) is 0 Å². The Kier molecular flexibility index (Phi) is 4.96. The molecule has 1 aromatic carbocycles. The van der Waals surface area contributed by atoms with Gasteiger partial charge in [0, 0.05) is 21.8 Å². The van der Waals surface area contributed by atoms with Crippen LogP contribution in [0.1, 0.15) is 24.1 Å². The van der Waals surface area contributed by atoms with E-state index in [9.17, 15) is 4.39 Å². The van der Waals surface area contributed by atoms with Crippen LogP contribution in [0.25, 0.3) is 0 Å². The zero-order chi connectivity index (χ0) is 14.7. The number of nitrogens with two attached hydrogens (primary N) is 1. The second-order valence-corrected chi connectivity index (χ2v) is 5.64. The number of pyridine rings is 1. The second kappa shape index (κ2) is 6.52. The van der Waals surface area contributed by atoms with E-state index >= 15 is 0 Å². The van der Waals surface area contributed by atoms with Gasteiger partial charge in [0.1, 0.15) is 11.6 Å². The summed E-state index contributed by atoms with van der Waals surface area (Å²) in [5.41, 5.74) is 7.06. The quantitative estimate of drug-likeness (QED) is 0.871. The summed E-state index contributed by atoms with van der Waals surface area (Å²) in [7, 11) is 0. The van der Waals surface area contributed by atoms with Gasteiger partial charge in [-0.3, -0.25) is 0 Å². The lowest BCUT2D eigenvalue weighted by atomic mass is 9.98. The third kappa shape index (κ3) is 3.29. The molecule has 0 bridgehead atoms. The van der Waals surface area contributed by atoms with Crippen molar-refractivity contribution in [2.24, 2.45) is 0 Å². The van der Waals surface area contributed by atoms with Gasteiger partial charge in [-0.1, -0.05) is 34.5 Å². The summed E-state index contributed by atoms with van der Waals surface area (Å²) in [6.45, 7) is 2.60. The number of anilines is 1. The van der Waals surface area contributed by atoms with Gasteiger partial charge < -0.3 is 11.1 Å². The smallest absolute Gasteiger partial charge is 0.128 e. The molecule has 2 aromatic rings. The third-order valence-electron chi connectivity index (χ3n) is 2.90. The fourth-order valence-corrected chi connectivity index (χ4v) is 2.57. The van der Waals surface area contributed by atoms with E-state index in [2.05, 4.69) is 26.2 Å². The molecule has 0 amide bonds. The number of hydrogen-bond donors (Lipinski definition) is 2. The summed E-state index contributed by atoms with van der Waals surface area (Å²) in [6.07, 6.45) is 1.47. The third-order valence-corrected chi connectivity index (χ3v) is 3.60. The first-order valence-electron chi connectivity index (χ1n) is 6.12. The van der Waals surface area contributed by atoms with Crippen LogP contribution in [-0.2, 0) is 0 Å². The Hall–Kier alpha value is -1.17. The second-order valence-electron chi connectivity index (χ2n) is 4.28. The Morgan fingerprint density at radius 1 is 1.40 bits per heavy atom. The zero-order valence-electron chi connectivity index (χ0n) is 10.8. The van der Waals surface area contributed by atoms with Crippen LogP contribution in [0.5, 0.6) is 0 Å². The molecule has 106 valence electrons. The molecule has 0 aliphatic rings. The minimum Gasteiger partial charge on any atom is -0.383 e. The number of rotatable bonds is 4. The molecule has 3 nitrogen and oxygen atoms in total. The molecular formula is C14H14BrClFN3. The lowest BCUT2D eigenvalue weighted by Crippen LogP contribution is -2.24. The molecule has 20 heavy (non-hydrogen) atoms. The fraction of sp³-hybridized carbons (Fsp3) is 0.214. The normalized spacial score (nSPS) is 12.4. The standard InChI is InChI=1S/C14H14BrClFN3/c1-2-19-13(10-5-8(15)3-4-12(10)17)11-6-9(16)7-20-14(11)18/h3-7,13,19H,2H2,1H3,(H2,18,20). The van der Waals surface area contributed by atoms with Gasteiger partial charge in [0.15, 0.2) is 0 Å². The Bertz CT molecular complexity index is 570. The van der Waals surface area contributed by atoms with E-state index in [1.807, 2.05) is 6.92 Å². The molecule has 0 aliphatic heterocycles. The molecule has 0 spiro atoms. The highest BCUT2D eigenvalue weighted by atomic mass is 79.9. The van der Waals surface area contributed by atoms with Crippen molar-refractivity contribution in [2.75, 3.05) is 12.3 Å². The number of hydrogen-bond acceptors (Lipinski definition) is 3. The van der Waals surface area contributed by atoms with Crippen molar-refractivity contribution in [1.29, 1.82) is 0 Å². The maximum absolute atomic E-state index is 14.1. The van der Waals surface area contributed by atoms with Gasteiger partial charge in [-0.25, -0.2) is 9.37 Å². The highest BCUT2D eigenvalue weighted by molar-refractivity contribution is 9.10. The van der Waals surface area contributed by atoms with Crippen LogP contribution in [0, 0.1) is 5.82 Å². The van der Waals surface area contributed by atoms with Crippen molar-refractivity contribution in [3.05, 3.63) is 56.9 Å². The van der Waals surface area contributed by atoms with E-state index in [4.69, 9.17) is 17.3 Å². The summed E-state index contributed by atoms with van der Waals surface area (Å²) < 4.78 is 14.9. The van der Waals surface area contributed by atoms with Crippen LogP contribution in [0.3, 0.4) is 0 Å². The monoisotopic (exact) mass is 357 g/mol. The molecule has 0 fully saturated rings. The maximum Gasteiger partial charge on any atom is 0.128 e. The SMILES string of the molecule is CCNC(c1cc(Br)ccc1F)c1cc(Cl)cnc1N. The molecule has 2 rings (SSSR count). The van der Waals surface area contributed by atoms with Crippen LogP contribution in [0.2, 0.25) is 5.02 Å². The summed E-state index contributed by atoms with van der Waals surface area (Å²) in [6, 6.07) is 6.10. The van der Waals surface area contributed by atoms with E-state index in [1.165, 1.54) is 12.3 Å². The number of nitrogens with zero attached hydrogens (tertiary/aromatic N) is 1. The van der Waals surface area contributed by atoms with Crippen LogP contribution < -0.4 is 11.1 Å². The van der Waals surface area contributed by atoms with Crippen LogP contribution in [0.4, 0.5) is 10.2 Å². The van der Waals surface area contributed by atoms with Gasteiger partial charge in [-0.15, -0.1) is 0 Å². The maximum atomic E-state index is 14.1. The number of benzene rings is 1. The average molecular weight is 359 g/mol. The largest absolute Gasteiger partial charge is 0.383 e. The fourth-order valence-electron chi connectivity index (χ4n) is 2.02. The summed E-state index contributed by atoms with van der Waals surface area (Å²) >= 11 is 9.32. The lowest BCUT2D eigenvalue weighted by Gasteiger charge is -2.21. The predicted octanol–water partition coefficient (Wildman–Crippen LogP) is 3.92. The number of nitrogen functional groups attached to an aromatic ring is 1. The Morgan fingerprint density at radius 2 is 2.15 bits per heavy atom. The molecule has 0 radical (unpaired) electrons. The molecule has 0 aliphatic carbocycles.